The SMILES string of the molecule is COC(=O)CC[C@H](NC(=O)N1CCc2[nH]cnc2C1c1ccc(OC)cc1F)C(=O)OC. The topological polar surface area (TPSA) is 123 Å². The third kappa shape index (κ3) is 4.82. The van der Waals surface area contributed by atoms with Crippen molar-refractivity contribution in [2.24, 2.45) is 0 Å². The van der Waals surface area contributed by atoms with Crippen LogP contribution in [0.3, 0.4) is 0 Å². The molecule has 0 spiro atoms. The Morgan fingerprint density at radius 1 is 1.28 bits per heavy atom. The van der Waals surface area contributed by atoms with E-state index >= 15 is 0 Å². The minimum absolute atomic E-state index is 0.00581. The van der Waals surface area contributed by atoms with Crippen molar-refractivity contribution in [2.45, 2.75) is 31.3 Å². The molecule has 1 aromatic carbocycles. The third-order valence-electron chi connectivity index (χ3n) is 5.34. The number of carbonyl (C=O) groups is 3. The average Bonchev–Trinajstić information content (AvgIpc) is 3.29. The number of carbonyl (C=O) groups excluding carboxylic acids is 3. The second-order valence-corrected chi connectivity index (χ2v) is 7.14. The van der Waals surface area contributed by atoms with Crippen molar-refractivity contribution in [3.63, 3.8) is 0 Å². The van der Waals surface area contributed by atoms with Crippen LogP contribution in [0.15, 0.2) is 24.5 Å². The fourth-order valence-corrected chi connectivity index (χ4v) is 3.65. The summed E-state index contributed by atoms with van der Waals surface area (Å²) in [5.41, 5.74) is 1.54. The van der Waals surface area contributed by atoms with Gasteiger partial charge in [-0.15, -0.1) is 0 Å². The number of nitrogens with one attached hydrogen (secondary N) is 2. The van der Waals surface area contributed by atoms with E-state index in [2.05, 4.69) is 20.0 Å². The van der Waals surface area contributed by atoms with E-state index in [1.165, 1.54) is 44.7 Å². The van der Waals surface area contributed by atoms with Crippen molar-refractivity contribution in [1.29, 1.82) is 0 Å². The van der Waals surface area contributed by atoms with Gasteiger partial charge in [-0.25, -0.2) is 19.0 Å². The lowest BCUT2D eigenvalue weighted by Gasteiger charge is -2.36. The first-order chi connectivity index (χ1) is 15.4. The standard InChI is InChI=1S/C21H25FN4O6/c1-30-12-4-5-13(14(22)10-12)19-18-15(23-11-24-18)8-9-26(19)21(29)25-16(20(28)32-3)6-7-17(27)31-2/h4-5,10-11,16,19H,6-9H2,1-3H3,(H,23,24)(H,25,29)/t16-,19?/m0/s1. The van der Waals surface area contributed by atoms with Gasteiger partial charge in [-0.05, 0) is 18.6 Å². The summed E-state index contributed by atoms with van der Waals surface area (Å²) in [4.78, 5) is 45.6. The van der Waals surface area contributed by atoms with Crippen molar-refractivity contribution >= 4 is 18.0 Å². The number of imidazole rings is 1. The quantitative estimate of drug-likeness (QED) is 0.618. The number of amides is 2. The van der Waals surface area contributed by atoms with E-state index in [4.69, 9.17) is 9.47 Å². The largest absolute Gasteiger partial charge is 0.497 e. The van der Waals surface area contributed by atoms with Gasteiger partial charge in [0.1, 0.15) is 23.7 Å². The van der Waals surface area contributed by atoms with Crippen molar-refractivity contribution in [1.82, 2.24) is 20.2 Å². The lowest BCUT2D eigenvalue weighted by atomic mass is 9.95. The van der Waals surface area contributed by atoms with Crippen LogP contribution >= 0.6 is 0 Å². The number of aromatic nitrogens is 2. The van der Waals surface area contributed by atoms with E-state index < -0.39 is 35.9 Å². The molecule has 2 aromatic rings. The molecule has 0 fully saturated rings. The summed E-state index contributed by atoms with van der Waals surface area (Å²) in [6.45, 7) is 0.252. The van der Waals surface area contributed by atoms with Crippen molar-refractivity contribution in [2.75, 3.05) is 27.9 Å². The molecule has 0 radical (unpaired) electrons. The average molecular weight is 448 g/mol. The van der Waals surface area contributed by atoms with Crippen molar-refractivity contribution in [3.8, 4) is 5.75 Å². The second-order valence-electron chi connectivity index (χ2n) is 7.14. The first-order valence-electron chi connectivity index (χ1n) is 9.97. The van der Waals surface area contributed by atoms with Crippen LogP contribution in [0, 0.1) is 5.82 Å². The maximum atomic E-state index is 15.0. The van der Waals surface area contributed by atoms with E-state index in [9.17, 15) is 18.8 Å². The van der Waals surface area contributed by atoms with Crippen LogP contribution in [-0.4, -0.2) is 66.8 Å². The summed E-state index contributed by atoms with van der Waals surface area (Å²) in [7, 11) is 3.85. The molecule has 2 atom stereocenters. The molecule has 2 amide bonds. The van der Waals surface area contributed by atoms with Gasteiger partial charge >= 0.3 is 18.0 Å². The fourth-order valence-electron chi connectivity index (χ4n) is 3.65. The van der Waals surface area contributed by atoms with Crippen molar-refractivity contribution < 1.29 is 33.0 Å². The van der Waals surface area contributed by atoms with Gasteiger partial charge in [-0.3, -0.25) is 4.79 Å². The number of benzene rings is 1. The van der Waals surface area contributed by atoms with Gasteiger partial charge in [0.05, 0.1) is 33.4 Å². The van der Waals surface area contributed by atoms with Crippen molar-refractivity contribution in [3.05, 3.63) is 47.3 Å². The number of hydrogen-bond acceptors (Lipinski definition) is 7. The van der Waals surface area contributed by atoms with Crippen LogP contribution in [0.4, 0.5) is 9.18 Å². The maximum Gasteiger partial charge on any atom is 0.328 e. The first kappa shape index (κ1) is 23.0. The summed E-state index contributed by atoms with van der Waals surface area (Å²) in [6, 6.07) is 1.86. The molecule has 1 aliphatic heterocycles. The number of rotatable bonds is 7. The van der Waals surface area contributed by atoms with Crippen LogP contribution < -0.4 is 10.1 Å². The number of urea groups is 1. The van der Waals surface area contributed by atoms with Crippen LogP contribution in [0.2, 0.25) is 0 Å². The number of nitrogens with zero attached hydrogens (tertiary/aromatic N) is 2. The molecule has 0 aliphatic carbocycles. The van der Waals surface area contributed by atoms with Gasteiger partial charge in [0.25, 0.3) is 0 Å². The number of H-pyrrole nitrogens is 1. The molecule has 3 rings (SSSR count). The Morgan fingerprint density at radius 2 is 2.06 bits per heavy atom. The maximum absolute atomic E-state index is 15.0. The summed E-state index contributed by atoms with van der Waals surface area (Å²) in [6.07, 6.45) is 1.88. The predicted octanol–water partition coefficient (Wildman–Crippen LogP) is 1.71. The molecular weight excluding hydrogens is 423 g/mol. The number of ether oxygens (including phenoxy) is 3. The zero-order valence-electron chi connectivity index (χ0n) is 18.0. The van der Waals surface area contributed by atoms with Gasteiger partial charge in [-0.1, -0.05) is 0 Å². The third-order valence-corrected chi connectivity index (χ3v) is 5.34. The van der Waals surface area contributed by atoms with E-state index in [1.807, 2.05) is 0 Å². The summed E-state index contributed by atoms with van der Waals surface area (Å²) >= 11 is 0. The molecule has 10 nitrogen and oxygen atoms in total. The van der Waals surface area contributed by atoms with E-state index in [0.717, 1.165) is 5.69 Å². The van der Waals surface area contributed by atoms with Gasteiger partial charge < -0.3 is 29.4 Å². The highest BCUT2D eigenvalue weighted by Gasteiger charge is 2.37. The molecule has 2 heterocycles. The Balaban J connectivity index is 1.89. The Bertz CT molecular complexity index is 994. The lowest BCUT2D eigenvalue weighted by Crippen LogP contribution is -2.51. The number of methoxy groups -OCH3 is 3. The second kappa shape index (κ2) is 10.1. The summed E-state index contributed by atoms with van der Waals surface area (Å²) in [5, 5.41) is 2.60. The first-order valence-corrected chi connectivity index (χ1v) is 9.97. The minimum atomic E-state index is -1.08. The van der Waals surface area contributed by atoms with Gasteiger partial charge in [-0.2, -0.15) is 0 Å². The lowest BCUT2D eigenvalue weighted by molar-refractivity contribution is -0.144. The summed E-state index contributed by atoms with van der Waals surface area (Å²) in [5.74, 6) is -1.44. The number of fused-ring (bicyclic) bond motifs is 1. The molecule has 1 aromatic heterocycles. The van der Waals surface area contributed by atoms with Crippen LogP contribution in [0.25, 0.3) is 0 Å². The number of halogens is 1. The minimum Gasteiger partial charge on any atom is -0.497 e. The molecule has 1 aliphatic rings. The van der Waals surface area contributed by atoms with Crippen LogP contribution in [-0.2, 0) is 25.5 Å². The van der Waals surface area contributed by atoms with E-state index in [1.54, 1.807) is 6.07 Å². The normalized spacial score (nSPS) is 16.0. The molecule has 32 heavy (non-hydrogen) atoms. The Kier molecular flexibility index (Phi) is 7.29. The van der Waals surface area contributed by atoms with E-state index in [-0.39, 0.29) is 24.9 Å². The monoisotopic (exact) mass is 448 g/mol. The van der Waals surface area contributed by atoms with E-state index in [0.29, 0.717) is 17.9 Å². The van der Waals surface area contributed by atoms with Crippen LogP contribution in [0.1, 0.15) is 35.8 Å². The van der Waals surface area contributed by atoms with Gasteiger partial charge in [0.2, 0.25) is 0 Å². The Hall–Kier alpha value is -3.63. The zero-order valence-corrected chi connectivity index (χ0v) is 18.0. The molecule has 2 N–H and O–H groups in total. The van der Waals surface area contributed by atoms with Crippen LogP contribution in [0.5, 0.6) is 5.75 Å². The van der Waals surface area contributed by atoms with Gasteiger partial charge in [0.15, 0.2) is 0 Å². The Labute approximate surface area is 184 Å². The smallest absolute Gasteiger partial charge is 0.328 e. The number of hydrogen-bond donors (Lipinski definition) is 2. The zero-order chi connectivity index (χ0) is 23.3. The predicted molar refractivity (Wildman–Crippen MR) is 109 cm³/mol. The molecule has 172 valence electrons. The number of esters is 2. The highest BCUT2D eigenvalue weighted by atomic mass is 19.1. The molecule has 0 bridgehead atoms. The summed E-state index contributed by atoms with van der Waals surface area (Å²) < 4.78 is 29.4. The molecule has 1 unspecified atom stereocenters. The Morgan fingerprint density at radius 3 is 2.72 bits per heavy atom. The molecule has 0 saturated heterocycles. The highest BCUT2D eigenvalue weighted by molar-refractivity contribution is 5.84. The van der Waals surface area contributed by atoms with Gasteiger partial charge in [0, 0.05) is 36.7 Å². The molecule has 0 saturated carbocycles. The number of aromatic amines is 1. The molecular formula is C21H25FN4O6. The highest BCUT2D eigenvalue weighted by Crippen LogP contribution is 2.35. The fraction of sp³-hybridized carbons (Fsp3) is 0.429. The molecule has 11 heteroatoms.